The van der Waals surface area contributed by atoms with Crippen LogP contribution >= 0.6 is 0 Å². The van der Waals surface area contributed by atoms with Crippen molar-refractivity contribution in [3.05, 3.63) is 12.8 Å². The Morgan fingerprint density at radius 2 is 2.22 bits per heavy atom. The minimum atomic E-state index is 0.853. The minimum Gasteiger partial charge on any atom is -0.380 e. The van der Waals surface area contributed by atoms with E-state index in [4.69, 9.17) is 4.74 Å². The Morgan fingerprint density at radius 3 is 3.00 bits per heavy atom. The second-order valence-corrected chi connectivity index (χ2v) is 2.18. The first-order valence-corrected chi connectivity index (χ1v) is 3.38. The average Bonchev–Trinajstić information content (AvgIpc) is 2.13. The van der Waals surface area contributed by atoms with Crippen molar-refractivity contribution in [2.24, 2.45) is 0 Å². The molecule has 52 valence electrons. The largest absolute Gasteiger partial charge is 0.380 e. The molecule has 0 N–H and O–H groups in total. The van der Waals surface area contributed by atoms with Crippen LogP contribution in [0.25, 0.3) is 0 Å². The van der Waals surface area contributed by atoms with E-state index in [0.29, 0.717) is 0 Å². The van der Waals surface area contributed by atoms with Crippen LogP contribution in [-0.2, 0) is 4.74 Å². The lowest BCUT2D eigenvalue weighted by molar-refractivity contribution is 0.146. The quantitative estimate of drug-likeness (QED) is 0.518. The zero-order valence-electron chi connectivity index (χ0n) is 5.68. The van der Waals surface area contributed by atoms with Gasteiger partial charge in [-0.1, -0.05) is 6.58 Å². The highest BCUT2D eigenvalue weighted by atomic mass is 16.5. The molecule has 0 aromatic carbocycles. The summed E-state index contributed by atoms with van der Waals surface area (Å²) >= 11 is 0. The second-order valence-electron chi connectivity index (χ2n) is 2.18. The van der Waals surface area contributed by atoms with Gasteiger partial charge in [0.15, 0.2) is 0 Å². The van der Waals surface area contributed by atoms with Crippen LogP contribution in [0.3, 0.4) is 0 Å². The summed E-state index contributed by atoms with van der Waals surface area (Å²) in [6.45, 7) is 7.56. The van der Waals surface area contributed by atoms with Gasteiger partial charge in [-0.2, -0.15) is 0 Å². The maximum Gasteiger partial charge on any atom is 0.0641 e. The number of ether oxygens (including phenoxy) is 1. The molecule has 0 bridgehead atoms. The lowest BCUT2D eigenvalue weighted by Gasteiger charge is -2.14. The summed E-state index contributed by atoms with van der Waals surface area (Å²) in [5, 5.41) is 0. The first-order chi connectivity index (χ1) is 4.43. The van der Waals surface area contributed by atoms with Crippen LogP contribution in [0.5, 0.6) is 0 Å². The van der Waals surface area contributed by atoms with Crippen molar-refractivity contribution in [3.63, 3.8) is 0 Å². The summed E-state index contributed by atoms with van der Waals surface area (Å²) in [6, 6.07) is 0. The van der Waals surface area contributed by atoms with Crippen molar-refractivity contribution < 1.29 is 4.74 Å². The Balaban J connectivity index is 2.26. The lowest BCUT2D eigenvalue weighted by atomic mass is 10.4. The van der Waals surface area contributed by atoms with Crippen molar-refractivity contribution in [3.8, 4) is 0 Å². The van der Waals surface area contributed by atoms with Gasteiger partial charge >= 0.3 is 0 Å². The summed E-state index contributed by atoms with van der Waals surface area (Å²) in [5.74, 6) is 0. The standard InChI is InChI=1S/C7H13NO/c1-2-8-4-3-6-9-7-5-8/h2H,1,3-7H2. The molecule has 2 heteroatoms. The van der Waals surface area contributed by atoms with E-state index in [9.17, 15) is 0 Å². The molecule has 0 atom stereocenters. The van der Waals surface area contributed by atoms with Crippen molar-refractivity contribution in [2.75, 3.05) is 26.3 Å². The molecule has 0 amide bonds. The minimum absolute atomic E-state index is 0.853. The molecule has 1 aliphatic heterocycles. The Hall–Kier alpha value is -0.500. The van der Waals surface area contributed by atoms with Gasteiger partial charge in [-0.3, -0.25) is 0 Å². The summed E-state index contributed by atoms with van der Waals surface area (Å²) < 4.78 is 5.24. The Bertz CT molecular complexity index is 84.9. The van der Waals surface area contributed by atoms with Gasteiger partial charge in [-0.05, 0) is 12.6 Å². The van der Waals surface area contributed by atoms with Crippen LogP contribution in [0.2, 0.25) is 0 Å². The van der Waals surface area contributed by atoms with Crippen LogP contribution in [-0.4, -0.2) is 31.2 Å². The molecule has 0 radical (unpaired) electrons. The zero-order chi connectivity index (χ0) is 6.53. The second kappa shape index (κ2) is 3.51. The monoisotopic (exact) mass is 127 g/mol. The molecule has 1 fully saturated rings. The van der Waals surface area contributed by atoms with E-state index in [1.807, 2.05) is 6.20 Å². The molecule has 0 aromatic rings. The fourth-order valence-electron chi connectivity index (χ4n) is 0.948. The highest BCUT2D eigenvalue weighted by Crippen LogP contribution is 1.97. The number of rotatable bonds is 1. The van der Waals surface area contributed by atoms with Crippen LogP contribution in [0.15, 0.2) is 12.8 Å². The fourth-order valence-corrected chi connectivity index (χ4v) is 0.948. The van der Waals surface area contributed by atoms with Gasteiger partial charge in [0.05, 0.1) is 6.61 Å². The molecular formula is C7H13NO. The maximum absolute atomic E-state index is 5.24. The molecule has 0 aliphatic carbocycles. The Labute approximate surface area is 56.1 Å². The molecular weight excluding hydrogens is 114 g/mol. The van der Waals surface area contributed by atoms with Crippen LogP contribution < -0.4 is 0 Å². The molecule has 1 heterocycles. The van der Waals surface area contributed by atoms with Crippen molar-refractivity contribution in [2.45, 2.75) is 6.42 Å². The van der Waals surface area contributed by atoms with E-state index in [2.05, 4.69) is 11.5 Å². The lowest BCUT2D eigenvalue weighted by Crippen LogP contribution is -2.19. The number of hydrogen-bond acceptors (Lipinski definition) is 2. The molecule has 0 saturated carbocycles. The van der Waals surface area contributed by atoms with Gasteiger partial charge in [-0.25, -0.2) is 0 Å². The average molecular weight is 127 g/mol. The van der Waals surface area contributed by atoms with Crippen molar-refractivity contribution >= 4 is 0 Å². The molecule has 1 saturated heterocycles. The number of nitrogens with zero attached hydrogens (tertiary/aromatic N) is 1. The Morgan fingerprint density at radius 1 is 1.33 bits per heavy atom. The molecule has 1 aliphatic rings. The van der Waals surface area contributed by atoms with E-state index < -0.39 is 0 Å². The van der Waals surface area contributed by atoms with Gasteiger partial charge in [0, 0.05) is 19.7 Å². The third-order valence-electron chi connectivity index (χ3n) is 1.52. The van der Waals surface area contributed by atoms with Crippen LogP contribution in [0.4, 0.5) is 0 Å². The predicted molar refractivity (Wildman–Crippen MR) is 37.2 cm³/mol. The summed E-state index contributed by atoms with van der Waals surface area (Å²) in [5.41, 5.74) is 0. The zero-order valence-corrected chi connectivity index (χ0v) is 5.68. The van der Waals surface area contributed by atoms with Gasteiger partial charge in [0.1, 0.15) is 0 Å². The van der Waals surface area contributed by atoms with Crippen molar-refractivity contribution in [1.82, 2.24) is 4.90 Å². The van der Waals surface area contributed by atoms with Gasteiger partial charge in [0.25, 0.3) is 0 Å². The third-order valence-corrected chi connectivity index (χ3v) is 1.52. The maximum atomic E-state index is 5.24. The smallest absolute Gasteiger partial charge is 0.0641 e. The first-order valence-electron chi connectivity index (χ1n) is 3.38. The molecule has 0 aromatic heterocycles. The van der Waals surface area contributed by atoms with Gasteiger partial charge in [0.2, 0.25) is 0 Å². The molecule has 1 rings (SSSR count). The summed E-state index contributed by atoms with van der Waals surface area (Å²) in [7, 11) is 0. The molecule has 0 spiro atoms. The molecule has 9 heavy (non-hydrogen) atoms. The van der Waals surface area contributed by atoms with Gasteiger partial charge < -0.3 is 9.64 Å². The van der Waals surface area contributed by atoms with Crippen molar-refractivity contribution in [1.29, 1.82) is 0 Å². The van der Waals surface area contributed by atoms with E-state index in [1.54, 1.807) is 0 Å². The molecule has 2 nitrogen and oxygen atoms in total. The summed E-state index contributed by atoms with van der Waals surface area (Å²) in [4.78, 5) is 2.19. The van der Waals surface area contributed by atoms with E-state index >= 15 is 0 Å². The van der Waals surface area contributed by atoms with E-state index in [-0.39, 0.29) is 0 Å². The molecule has 0 unspecified atom stereocenters. The third kappa shape index (κ3) is 2.06. The van der Waals surface area contributed by atoms with E-state index in [0.717, 1.165) is 32.7 Å². The highest BCUT2D eigenvalue weighted by Gasteiger charge is 2.02. The summed E-state index contributed by atoms with van der Waals surface area (Å²) in [6.07, 6.45) is 3.01. The number of hydrogen-bond donors (Lipinski definition) is 0. The predicted octanol–water partition coefficient (Wildman–Crippen LogP) is 0.852. The van der Waals surface area contributed by atoms with Crippen LogP contribution in [0.1, 0.15) is 6.42 Å². The SMILES string of the molecule is C=CN1CCCOCC1. The normalized spacial score (nSPS) is 21.1. The fraction of sp³-hybridized carbons (Fsp3) is 0.714. The Kier molecular flexibility index (Phi) is 2.58. The van der Waals surface area contributed by atoms with E-state index in [1.165, 1.54) is 0 Å². The highest BCUT2D eigenvalue weighted by molar-refractivity contribution is 4.71. The van der Waals surface area contributed by atoms with Gasteiger partial charge in [-0.15, -0.1) is 0 Å². The topological polar surface area (TPSA) is 12.5 Å². The first kappa shape index (κ1) is 6.62. The van der Waals surface area contributed by atoms with Crippen LogP contribution in [0, 0.1) is 0 Å².